The summed E-state index contributed by atoms with van der Waals surface area (Å²) in [4.78, 5) is 14.0. The summed E-state index contributed by atoms with van der Waals surface area (Å²) in [5.41, 5.74) is 1.07. The molecule has 0 radical (unpaired) electrons. The van der Waals surface area contributed by atoms with Crippen LogP contribution >= 0.6 is 0 Å². The number of rotatable bonds is 9. The Kier molecular flexibility index (Phi) is 9.27. The van der Waals surface area contributed by atoms with Crippen LogP contribution in [0.3, 0.4) is 0 Å². The van der Waals surface area contributed by atoms with Crippen LogP contribution in [-0.2, 0) is 20.5 Å². The molecule has 4 atom stereocenters. The lowest BCUT2D eigenvalue weighted by molar-refractivity contribution is -0.155. The molecule has 0 aliphatic heterocycles. The first-order chi connectivity index (χ1) is 14.4. The van der Waals surface area contributed by atoms with Crippen molar-refractivity contribution in [1.29, 1.82) is 0 Å². The second-order valence-electron chi connectivity index (χ2n) is 10.1. The molecule has 0 saturated heterocycles. The van der Waals surface area contributed by atoms with E-state index in [2.05, 4.69) is 33.9 Å². The number of ether oxygens (including phenoxy) is 1. The van der Waals surface area contributed by atoms with Gasteiger partial charge < -0.3 is 19.4 Å². The average Bonchev–Trinajstić information content (AvgIpc) is 2.67. The molecule has 0 heterocycles. The monoisotopic (exact) mass is 451 g/mol. The Balaban J connectivity index is 2.10. The maximum Gasteiger partial charge on any atom is 0.336 e. The third-order valence-corrected chi connectivity index (χ3v) is 11.2. The number of aliphatic hydroxyl groups is 2. The molecule has 7 heteroatoms. The smallest absolute Gasteiger partial charge is 0.336 e. The fraction of sp³-hybridized carbons (Fsp3) is 0.708. The van der Waals surface area contributed by atoms with Crippen molar-refractivity contribution in [2.75, 3.05) is 13.2 Å². The van der Waals surface area contributed by atoms with Gasteiger partial charge in [0.2, 0.25) is 0 Å². The van der Waals surface area contributed by atoms with Crippen LogP contribution in [0.5, 0.6) is 0 Å². The Labute approximate surface area is 188 Å². The number of benzene rings is 1. The van der Waals surface area contributed by atoms with Crippen molar-refractivity contribution in [2.24, 2.45) is 0 Å². The SMILES string of the molecule is CCOC(=O)[C@H](O)CN(Cc1ccccc1)[C@H]1CC[C@@H](O[Si](C)(C)C(C)(C)C)CC1O. The summed E-state index contributed by atoms with van der Waals surface area (Å²) in [6.45, 7) is 13.8. The molecular formula is C24H41NO5Si. The van der Waals surface area contributed by atoms with Gasteiger partial charge in [-0.25, -0.2) is 4.79 Å². The zero-order valence-corrected chi connectivity index (χ0v) is 21.0. The van der Waals surface area contributed by atoms with E-state index >= 15 is 0 Å². The van der Waals surface area contributed by atoms with E-state index in [-0.39, 0.29) is 30.3 Å². The summed E-state index contributed by atoms with van der Waals surface area (Å²) in [6.07, 6.45) is 0.398. The number of carbonyl (C=O) groups excluding carboxylic acids is 1. The average molecular weight is 452 g/mol. The van der Waals surface area contributed by atoms with Gasteiger partial charge in [-0.3, -0.25) is 4.90 Å². The van der Waals surface area contributed by atoms with Gasteiger partial charge >= 0.3 is 5.97 Å². The topological polar surface area (TPSA) is 79.2 Å². The van der Waals surface area contributed by atoms with E-state index < -0.39 is 26.5 Å². The largest absolute Gasteiger partial charge is 0.464 e. The number of carbonyl (C=O) groups is 1. The van der Waals surface area contributed by atoms with Crippen LogP contribution in [0.1, 0.15) is 52.5 Å². The molecule has 176 valence electrons. The highest BCUT2D eigenvalue weighted by Crippen LogP contribution is 2.39. The highest BCUT2D eigenvalue weighted by molar-refractivity contribution is 6.74. The highest BCUT2D eigenvalue weighted by Gasteiger charge is 2.42. The van der Waals surface area contributed by atoms with Crippen LogP contribution in [0, 0.1) is 0 Å². The lowest BCUT2D eigenvalue weighted by Gasteiger charge is -2.45. The van der Waals surface area contributed by atoms with Crippen LogP contribution in [0.15, 0.2) is 30.3 Å². The zero-order valence-electron chi connectivity index (χ0n) is 20.0. The van der Waals surface area contributed by atoms with Crippen LogP contribution < -0.4 is 0 Å². The number of aliphatic hydroxyl groups excluding tert-OH is 2. The zero-order chi connectivity index (χ0) is 23.2. The minimum absolute atomic E-state index is 0.0423. The fourth-order valence-electron chi connectivity index (χ4n) is 3.89. The van der Waals surface area contributed by atoms with Crippen molar-refractivity contribution in [3.63, 3.8) is 0 Å². The lowest BCUT2D eigenvalue weighted by atomic mass is 9.88. The molecule has 1 aromatic rings. The Bertz CT molecular complexity index is 691. The summed E-state index contributed by atoms with van der Waals surface area (Å²) >= 11 is 0. The molecule has 0 amide bonds. The first kappa shape index (κ1) is 26.0. The summed E-state index contributed by atoms with van der Waals surface area (Å²) in [6, 6.07) is 9.78. The molecule has 1 fully saturated rings. The van der Waals surface area contributed by atoms with Crippen LogP contribution in [-0.4, -0.2) is 66.9 Å². The highest BCUT2D eigenvalue weighted by atomic mass is 28.4. The molecule has 6 nitrogen and oxygen atoms in total. The standard InChI is InChI=1S/C24H41NO5Si/c1-7-29-23(28)22(27)17-25(16-18-11-9-8-10-12-18)20-14-13-19(15-21(20)26)30-31(5,6)24(2,3)4/h8-12,19-22,26-27H,7,13-17H2,1-6H3/t19-,20+,21?,22-/m1/s1. The second kappa shape index (κ2) is 11.1. The molecule has 1 aromatic carbocycles. The van der Waals surface area contributed by atoms with Gasteiger partial charge in [0.1, 0.15) is 0 Å². The molecule has 0 bridgehead atoms. The van der Waals surface area contributed by atoms with Gasteiger partial charge in [-0.2, -0.15) is 0 Å². The van der Waals surface area contributed by atoms with Crippen molar-refractivity contribution in [3.05, 3.63) is 35.9 Å². The molecule has 2 rings (SSSR count). The molecule has 1 aliphatic carbocycles. The van der Waals surface area contributed by atoms with E-state index in [1.54, 1.807) is 6.92 Å². The first-order valence-corrected chi connectivity index (χ1v) is 14.3. The summed E-state index contributed by atoms with van der Waals surface area (Å²) in [7, 11) is -1.91. The second-order valence-corrected chi connectivity index (χ2v) is 14.9. The molecule has 31 heavy (non-hydrogen) atoms. The van der Waals surface area contributed by atoms with Crippen molar-refractivity contribution in [3.8, 4) is 0 Å². The van der Waals surface area contributed by atoms with Crippen LogP contribution in [0.25, 0.3) is 0 Å². The van der Waals surface area contributed by atoms with Crippen LogP contribution in [0.4, 0.5) is 0 Å². The normalized spacial score (nSPS) is 23.6. The van der Waals surface area contributed by atoms with Gasteiger partial charge in [0, 0.05) is 25.2 Å². The number of hydrogen-bond donors (Lipinski definition) is 2. The van der Waals surface area contributed by atoms with E-state index in [4.69, 9.17) is 9.16 Å². The predicted octanol–water partition coefficient (Wildman–Crippen LogP) is 3.72. The fourth-order valence-corrected chi connectivity index (χ4v) is 5.29. The minimum Gasteiger partial charge on any atom is -0.464 e. The predicted molar refractivity (Wildman–Crippen MR) is 125 cm³/mol. The molecule has 1 aliphatic rings. The molecule has 0 spiro atoms. The van der Waals surface area contributed by atoms with Crippen molar-refractivity contribution >= 4 is 14.3 Å². The quantitative estimate of drug-likeness (QED) is 0.440. The Morgan fingerprint density at radius 3 is 2.42 bits per heavy atom. The van der Waals surface area contributed by atoms with E-state index in [0.29, 0.717) is 13.0 Å². The van der Waals surface area contributed by atoms with E-state index in [1.807, 2.05) is 35.2 Å². The molecular weight excluding hydrogens is 410 g/mol. The summed E-state index contributed by atoms with van der Waals surface area (Å²) in [5, 5.41) is 21.6. The van der Waals surface area contributed by atoms with Gasteiger partial charge in [-0.15, -0.1) is 0 Å². The van der Waals surface area contributed by atoms with Gasteiger partial charge in [0.05, 0.1) is 12.7 Å². The molecule has 1 saturated carbocycles. The Morgan fingerprint density at radius 2 is 1.87 bits per heavy atom. The maximum absolute atomic E-state index is 12.0. The van der Waals surface area contributed by atoms with Crippen LogP contribution in [0.2, 0.25) is 18.1 Å². The van der Waals surface area contributed by atoms with Crippen molar-refractivity contribution in [1.82, 2.24) is 4.90 Å². The van der Waals surface area contributed by atoms with E-state index in [9.17, 15) is 15.0 Å². The third kappa shape index (κ3) is 7.39. The summed E-state index contributed by atoms with van der Waals surface area (Å²) < 4.78 is 11.5. The van der Waals surface area contributed by atoms with Crippen molar-refractivity contribution in [2.45, 2.75) is 96.0 Å². The molecule has 0 aromatic heterocycles. The van der Waals surface area contributed by atoms with Gasteiger partial charge in [-0.05, 0) is 49.9 Å². The molecule has 2 N–H and O–H groups in total. The number of hydrogen-bond acceptors (Lipinski definition) is 6. The number of nitrogens with zero attached hydrogens (tertiary/aromatic N) is 1. The van der Waals surface area contributed by atoms with E-state index in [1.165, 1.54) is 0 Å². The number of esters is 1. The third-order valence-electron chi connectivity index (χ3n) is 6.66. The Hall–Kier alpha value is -1.25. The van der Waals surface area contributed by atoms with Gasteiger partial charge in [0.15, 0.2) is 14.4 Å². The summed E-state index contributed by atoms with van der Waals surface area (Å²) in [5.74, 6) is -0.620. The van der Waals surface area contributed by atoms with E-state index in [0.717, 1.165) is 18.4 Å². The Morgan fingerprint density at radius 1 is 1.23 bits per heavy atom. The van der Waals surface area contributed by atoms with Gasteiger partial charge in [0.25, 0.3) is 0 Å². The van der Waals surface area contributed by atoms with Gasteiger partial charge in [-0.1, -0.05) is 51.1 Å². The molecule has 1 unspecified atom stereocenters. The first-order valence-electron chi connectivity index (χ1n) is 11.4. The minimum atomic E-state index is -1.91. The lowest BCUT2D eigenvalue weighted by Crippen LogP contribution is -2.53. The van der Waals surface area contributed by atoms with Crippen molar-refractivity contribution < 1.29 is 24.2 Å². The maximum atomic E-state index is 12.0.